The highest BCUT2D eigenvalue weighted by atomic mass is 32.2. The zero-order valence-corrected chi connectivity index (χ0v) is 10.7. The highest BCUT2D eigenvalue weighted by Crippen LogP contribution is 2.28. The minimum Gasteiger partial charge on any atom is -0.409 e. The standard InChI is InChI=1S/C10H12N6OS/c1-5-3-6(2)14-9(7(5)8(11)16-17)18-10-12-4-13-15-10/h3-4,17H,1-2H3,(H2,11,16)(H,12,13,15). The van der Waals surface area contributed by atoms with Crippen molar-refractivity contribution in [3.63, 3.8) is 0 Å². The van der Waals surface area contributed by atoms with Gasteiger partial charge in [-0.05, 0) is 37.2 Å². The lowest BCUT2D eigenvalue weighted by molar-refractivity contribution is 0.318. The van der Waals surface area contributed by atoms with Crippen LogP contribution < -0.4 is 5.73 Å². The molecule has 2 aromatic rings. The minimum absolute atomic E-state index is 0.0296. The van der Waals surface area contributed by atoms with E-state index < -0.39 is 0 Å². The first-order valence-corrected chi connectivity index (χ1v) is 5.93. The lowest BCUT2D eigenvalue weighted by Gasteiger charge is -2.10. The summed E-state index contributed by atoms with van der Waals surface area (Å²) in [5.41, 5.74) is 8.02. The highest BCUT2D eigenvalue weighted by molar-refractivity contribution is 7.99. The van der Waals surface area contributed by atoms with Crippen molar-refractivity contribution in [1.29, 1.82) is 0 Å². The van der Waals surface area contributed by atoms with Crippen molar-refractivity contribution in [3.05, 3.63) is 29.2 Å². The molecule has 0 fully saturated rings. The Hall–Kier alpha value is -2.09. The Morgan fingerprint density at radius 1 is 1.50 bits per heavy atom. The van der Waals surface area contributed by atoms with Gasteiger partial charge in [-0.25, -0.2) is 9.97 Å². The molecular formula is C10H12N6OS. The number of nitrogens with zero attached hydrogens (tertiary/aromatic N) is 4. The number of oxime groups is 1. The van der Waals surface area contributed by atoms with Crippen LogP contribution in [0.3, 0.4) is 0 Å². The molecule has 0 atom stereocenters. The Balaban J connectivity index is 2.50. The van der Waals surface area contributed by atoms with Crippen LogP contribution in [0.1, 0.15) is 16.8 Å². The minimum atomic E-state index is 0.0296. The molecule has 2 heterocycles. The third kappa shape index (κ3) is 2.43. The maximum atomic E-state index is 8.82. The number of rotatable bonds is 3. The number of nitrogens with one attached hydrogen (secondary N) is 1. The van der Waals surface area contributed by atoms with Crippen molar-refractivity contribution in [3.8, 4) is 0 Å². The molecule has 7 nitrogen and oxygen atoms in total. The van der Waals surface area contributed by atoms with E-state index in [4.69, 9.17) is 10.9 Å². The van der Waals surface area contributed by atoms with Gasteiger partial charge in [0.25, 0.3) is 0 Å². The van der Waals surface area contributed by atoms with E-state index in [0.717, 1.165) is 11.3 Å². The lowest BCUT2D eigenvalue weighted by atomic mass is 10.1. The molecule has 0 aliphatic carbocycles. The molecule has 0 saturated carbocycles. The molecule has 0 aliphatic rings. The zero-order valence-electron chi connectivity index (χ0n) is 9.88. The average Bonchev–Trinajstić information content (AvgIpc) is 2.80. The Morgan fingerprint density at radius 2 is 2.28 bits per heavy atom. The van der Waals surface area contributed by atoms with Crippen molar-refractivity contribution in [2.24, 2.45) is 10.9 Å². The fraction of sp³-hybridized carbons (Fsp3) is 0.200. The van der Waals surface area contributed by atoms with Crippen LogP contribution in [0.15, 0.2) is 27.7 Å². The number of aromatic nitrogens is 4. The number of H-pyrrole nitrogens is 1. The third-order valence-corrected chi connectivity index (χ3v) is 3.14. The molecule has 0 unspecified atom stereocenters. The molecule has 0 radical (unpaired) electrons. The number of hydrogen-bond acceptors (Lipinski definition) is 6. The Bertz CT molecular complexity index is 580. The van der Waals surface area contributed by atoms with E-state index in [-0.39, 0.29) is 5.84 Å². The van der Waals surface area contributed by atoms with Gasteiger partial charge in [0.2, 0.25) is 0 Å². The summed E-state index contributed by atoms with van der Waals surface area (Å²) in [7, 11) is 0. The number of nitrogens with two attached hydrogens (primary N) is 1. The topological polar surface area (TPSA) is 113 Å². The van der Waals surface area contributed by atoms with E-state index in [0.29, 0.717) is 15.7 Å². The maximum Gasteiger partial charge on any atom is 0.189 e. The molecule has 4 N–H and O–H groups in total. The van der Waals surface area contributed by atoms with Gasteiger partial charge in [-0.1, -0.05) is 5.16 Å². The van der Waals surface area contributed by atoms with Gasteiger partial charge in [-0.15, -0.1) is 0 Å². The summed E-state index contributed by atoms with van der Waals surface area (Å²) in [5, 5.41) is 19.6. The second-order valence-corrected chi connectivity index (χ2v) is 4.62. The summed E-state index contributed by atoms with van der Waals surface area (Å²) < 4.78 is 0. The largest absolute Gasteiger partial charge is 0.409 e. The average molecular weight is 264 g/mol. The number of pyridine rings is 1. The van der Waals surface area contributed by atoms with E-state index in [1.807, 2.05) is 19.9 Å². The van der Waals surface area contributed by atoms with E-state index in [9.17, 15) is 0 Å². The molecule has 2 aromatic heterocycles. The van der Waals surface area contributed by atoms with Gasteiger partial charge in [-0.3, -0.25) is 5.10 Å². The fourth-order valence-electron chi connectivity index (χ4n) is 1.57. The first-order valence-electron chi connectivity index (χ1n) is 5.11. The number of hydrogen-bond donors (Lipinski definition) is 3. The molecule has 0 aromatic carbocycles. The van der Waals surface area contributed by atoms with E-state index >= 15 is 0 Å². The molecule has 18 heavy (non-hydrogen) atoms. The number of aryl methyl sites for hydroxylation is 2. The third-order valence-electron chi connectivity index (χ3n) is 2.26. The van der Waals surface area contributed by atoms with Crippen molar-refractivity contribution in [1.82, 2.24) is 20.2 Å². The first-order chi connectivity index (χ1) is 8.61. The van der Waals surface area contributed by atoms with Crippen molar-refractivity contribution < 1.29 is 5.21 Å². The van der Waals surface area contributed by atoms with Gasteiger partial charge in [0.05, 0.1) is 5.56 Å². The zero-order chi connectivity index (χ0) is 13.1. The smallest absolute Gasteiger partial charge is 0.189 e. The van der Waals surface area contributed by atoms with Crippen LogP contribution in [-0.4, -0.2) is 31.2 Å². The van der Waals surface area contributed by atoms with E-state index in [1.54, 1.807) is 0 Å². The normalized spacial score (nSPS) is 11.8. The van der Waals surface area contributed by atoms with Gasteiger partial charge in [-0.2, -0.15) is 5.10 Å². The lowest BCUT2D eigenvalue weighted by Crippen LogP contribution is -2.17. The Labute approximate surface area is 108 Å². The molecule has 0 aliphatic heterocycles. The summed E-state index contributed by atoms with van der Waals surface area (Å²) in [5.74, 6) is 0.0296. The van der Waals surface area contributed by atoms with E-state index in [1.165, 1.54) is 18.1 Å². The fourth-order valence-corrected chi connectivity index (χ4v) is 2.51. The predicted octanol–water partition coefficient (Wildman–Crippen LogP) is 1.06. The predicted molar refractivity (Wildman–Crippen MR) is 66.7 cm³/mol. The van der Waals surface area contributed by atoms with Crippen LogP contribution in [0.25, 0.3) is 0 Å². The monoisotopic (exact) mass is 264 g/mol. The molecular weight excluding hydrogens is 252 g/mol. The van der Waals surface area contributed by atoms with Crippen molar-refractivity contribution in [2.75, 3.05) is 0 Å². The summed E-state index contributed by atoms with van der Waals surface area (Å²) >= 11 is 1.28. The Kier molecular flexibility index (Phi) is 3.47. The van der Waals surface area contributed by atoms with Crippen LogP contribution in [-0.2, 0) is 0 Å². The van der Waals surface area contributed by atoms with E-state index in [2.05, 4.69) is 25.3 Å². The van der Waals surface area contributed by atoms with Crippen LogP contribution >= 0.6 is 11.8 Å². The molecule has 2 rings (SSSR count). The quantitative estimate of drug-likeness (QED) is 0.330. The molecule has 0 amide bonds. The van der Waals surface area contributed by atoms with Crippen molar-refractivity contribution >= 4 is 17.6 Å². The van der Waals surface area contributed by atoms with Crippen LogP contribution in [0.4, 0.5) is 0 Å². The number of aromatic amines is 1. The molecule has 94 valence electrons. The van der Waals surface area contributed by atoms with Gasteiger partial charge < -0.3 is 10.9 Å². The van der Waals surface area contributed by atoms with Crippen LogP contribution in [0, 0.1) is 13.8 Å². The second kappa shape index (κ2) is 5.05. The van der Waals surface area contributed by atoms with Crippen LogP contribution in [0.2, 0.25) is 0 Å². The Morgan fingerprint density at radius 3 is 2.89 bits per heavy atom. The SMILES string of the molecule is Cc1cc(C)c(C(N)=NO)c(Sc2ncn[nH]2)n1. The summed E-state index contributed by atoms with van der Waals surface area (Å²) in [4.78, 5) is 8.39. The van der Waals surface area contributed by atoms with Gasteiger partial charge in [0, 0.05) is 5.69 Å². The van der Waals surface area contributed by atoms with Crippen molar-refractivity contribution in [2.45, 2.75) is 24.0 Å². The van der Waals surface area contributed by atoms with Gasteiger partial charge >= 0.3 is 0 Å². The molecule has 0 saturated heterocycles. The molecule has 0 bridgehead atoms. The summed E-state index contributed by atoms with van der Waals surface area (Å²) in [6, 6.07) is 1.87. The summed E-state index contributed by atoms with van der Waals surface area (Å²) in [6.07, 6.45) is 1.41. The molecule has 8 heteroatoms. The van der Waals surface area contributed by atoms with Crippen LogP contribution in [0.5, 0.6) is 0 Å². The molecule has 0 spiro atoms. The number of amidine groups is 1. The summed E-state index contributed by atoms with van der Waals surface area (Å²) in [6.45, 7) is 3.76. The highest BCUT2D eigenvalue weighted by Gasteiger charge is 2.15. The maximum absolute atomic E-state index is 8.82. The second-order valence-electron chi connectivity index (χ2n) is 3.64. The van der Waals surface area contributed by atoms with Gasteiger partial charge in [0.1, 0.15) is 11.4 Å². The first kappa shape index (κ1) is 12.4. The van der Waals surface area contributed by atoms with Gasteiger partial charge in [0.15, 0.2) is 11.0 Å².